The van der Waals surface area contributed by atoms with Gasteiger partial charge in [0.15, 0.2) is 0 Å². The van der Waals surface area contributed by atoms with E-state index >= 15 is 0 Å². The van der Waals surface area contributed by atoms with Crippen LogP contribution in [0.2, 0.25) is 0 Å². The number of anilines is 2. The number of ether oxygens (including phenoxy) is 1. The highest BCUT2D eigenvalue weighted by atomic mass is 16.5. The predicted molar refractivity (Wildman–Crippen MR) is 73.8 cm³/mol. The van der Waals surface area contributed by atoms with E-state index in [1.165, 1.54) is 0 Å². The standard InChI is InChI=1S/C13H23N3O2/c1-3-9-18-13-11(14)6-7-12(16-13)15-10(2)5-4-8-17/h6-7,10,17H,3-5,8-9,14H2,1-2H3,(H,15,16). The van der Waals surface area contributed by atoms with E-state index in [2.05, 4.69) is 17.2 Å². The van der Waals surface area contributed by atoms with Crippen LogP contribution in [0, 0.1) is 0 Å². The molecule has 0 amide bonds. The first-order chi connectivity index (χ1) is 8.67. The molecule has 4 N–H and O–H groups in total. The van der Waals surface area contributed by atoms with Gasteiger partial charge >= 0.3 is 0 Å². The highest BCUT2D eigenvalue weighted by Crippen LogP contribution is 2.21. The minimum absolute atomic E-state index is 0.214. The van der Waals surface area contributed by atoms with Crippen LogP contribution in [-0.2, 0) is 0 Å². The van der Waals surface area contributed by atoms with Crippen LogP contribution < -0.4 is 15.8 Å². The Kier molecular flexibility index (Phi) is 6.28. The maximum Gasteiger partial charge on any atom is 0.239 e. The quantitative estimate of drug-likeness (QED) is 0.660. The summed E-state index contributed by atoms with van der Waals surface area (Å²) in [5.41, 5.74) is 6.35. The lowest BCUT2D eigenvalue weighted by Crippen LogP contribution is -2.16. The molecule has 18 heavy (non-hydrogen) atoms. The van der Waals surface area contributed by atoms with E-state index in [1.807, 2.05) is 13.0 Å². The van der Waals surface area contributed by atoms with Crippen LogP contribution in [0.5, 0.6) is 5.88 Å². The third-order valence-electron chi connectivity index (χ3n) is 2.52. The van der Waals surface area contributed by atoms with Gasteiger partial charge in [-0.2, -0.15) is 4.98 Å². The van der Waals surface area contributed by atoms with Gasteiger partial charge in [-0.15, -0.1) is 0 Å². The van der Waals surface area contributed by atoms with Crippen LogP contribution in [0.4, 0.5) is 11.5 Å². The number of nitrogens with two attached hydrogens (primary N) is 1. The second-order valence-corrected chi connectivity index (χ2v) is 4.35. The van der Waals surface area contributed by atoms with Crippen molar-refractivity contribution in [2.45, 2.75) is 39.2 Å². The molecule has 0 bridgehead atoms. The molecule has 1 atom stereocenters. The van der Waals surface area contributed by atoms with E-state index < -0.39 is 0 Å². The van der Waals surface area contributed by atoms with Crippen molar-refractivity contribution in [3.05, 3.63) is 12.1 Å². The van der Waals surface area contributed by atoms with Gasteiger partial charge in [0, 0.05) is 12.6 Å². The average Bonchev–Trinajstić information content (AvgIpc) is 2.37. The fourth-order valence-corrected chi connectivity index (χ4v) is 1.57. The SMILES string of the molecule is CCCOc1nc(NC(C)CCCO)ccc1N. The number of aliphatic hydroxyl groups is 1. The minimum Gasteiger partial charge on any atom is -0.476 e. The highest BCUT2D eigenvalue weighted by molar-refractivity contribution is 5.53. The van der Waals surface area contributed by atoms with E-state index in [0.29, 0.717) is 18.2 Å². The number of hydrogen-bond donors (Lipinski definition) is 3. The Balaban J connectivity index is 2.60. The number of rotatable bonds is 8. The Hall–Kier alpha value is -1.49. The largest absolute Gasteiger partial charge is 0.476 e. The molecule has 1 aromatic rings. The molecule has 0 radical (unpaired) electrons. The molecule has 1 aromatic heterocycles. The van der Waals surface area contributed by atoms with E-state index in [0.717, 1.165) is 25.1 Å². The van der Waals surface area contributed by atoms with Gasteiger partial charge in [-0.05, 0) is 38.3 Å². The van der Waals surface area contributed by atoms with E-state index in [9.17, 15) is 0 Å². The molecule has 0 saturated heterocycles. The molecule has 5 nitrogen and oxygen atoms in total. The average molecular weight is 253 g/mol. The Bertz CT molecular complexity index is 358. The van der Waals surface area contributed by atoms with Crippen LogP contribution >= 0.6 is 0 Å². The van der Waals surface area contributed by atoms with Gasteiger partial charge in [-0.25, -0.2) is 0 Å². The molecule has 5 heteroatoms. The summed E-state index contributed by atoms with van der Waals surface area (Å²) in [6, 6.07) is 3.88. The number of aromatic nitrogens is 1. The third-order valence-corrected chi connectivity index (χ3v) is 2.52. The molecule has 0 fully saturated rings. The maximum atomic E-state index is 8.78. The number of hydrogen-bond acceptors (Lipinski definition) is 5. The van der Waals surface area contributed by atoms with Gasteiger partial charge in [-0.1, -0.05) is 6.92 Å². The summed E-state index contributed by atoms with van der Waals surface area (Å²) in [5, 5.41) is 12.0. The first-order valence-electron chi connectivity index (χ1n) is 6.44. The second-order valence-electron chi connectivity index (χ2n) is 4.35. The lowest BCUT2D eigenvalue weighted by Gasteiger charge is -2.15. The summed E-state index contributed by atoms with van der Waals surface area (Å²) < 4.78 is 5.47. The smallest absolute Gasteiger partial charge is 0.239 e. The number of pyridine rings is 1. The van der Waals surface area contributed by atoms with Gasteiger partial charge in [0.2, 0.25) is 5.88 Å². The van der Waals surface area contributed by atoms with Crippen LogP contribution in [0.15, 0.2) is 12.1 Å². The van der Waals surface area contributed by atoms with E-state index in [1.54, 1.807) is 6.07 Å². The zero-order valence-electron chi connectivity index (χ0n) is 11.1. The fraction of sp³-hybridized carbons (Fsp3) is 0.615. The van der Waals surface area contributed by atoms with Crippen molar-refractivity contribution >= 4 is 11.5 Å². The van der Waals surface area contributed by atoms with Crippen molar-refractivity contribution in [1.82, 2.24) is 4.98 Å². The Morgan fingerprint density at radius 2 is 2.28 bits per heavy atom. The van der Waals surface area contributed by atoms with Crippen molar-refractivity contribution in [3.8, 4) is 5.88 Å². The first-order valence-corrected chi connectivity index (χ1v) is 6.44. The van der Waals surface area contributed by atoms with Crippen molar-refractivity contribution in [2.24, 2.45) is 0 Å². The van der Waals surface area contributed by atoms with Gasteiger partial charge in [0.1, 0.15) is 5.82 Å². The Labute approximate surface area is 108 Å². The summed E-state index contributed by atoms with van der Waals surface area (Å²) in [7, 11) is 0. The fourth-order valence-electron chi connectivity index (χ4n) is 1.57. The van der Waals surface area contributed by atoms with Crippen LogP contribution in [-0.4, -0.2) is 29.3 Å². The van der Waals surface area contributed by atoms with Crippen molar-refractivity contribution < 1.29 is 9.84 Å². The number of aliphatic hydroxyl groups excluding tert-OH is 1. The molecule has 0 spiro atoms. The zero-order chi connectivity index (χ0) is 13.4. The van der Waals surface area contributed by atoms with Gasteiger partial charge in [0.25, 0.3) is 0 Å². The van der Waals surface area contributed by atoms with Crippen molar-refractivity contribution in [1.29, 1.82) is 0 Å². The van der Waals surface area contributed by atoms with Crippen molar-refractivity contribution in [3.63, 3.8) is 0 Å². The molecule has 102 valence electrons. The molecular weight excluding hydrogens is 230 g/mol. The molecular formula is C13H23N3O2. The molecule has 0 aromatic carbocycles. The summed E-state index contributed by atoms with van der Waals surface area (Å²) in [6.45, 7) is 4.92. The zero-order valence-corrected chi connectivity index (χ0v) is 11.1. The second kappa shape index (κ2) is 7.76. The number of nitrogens with zero attached hydrogens (tertiary/aromatic N) is 1. The monoisotopic (exact) mass is 253 g/mol. The number of nitrogen functional groups attached to an aromatic ring is 1. The normalized spacial score (nSPS) is 12.2. The first kappa shape index (κ1) is 14.6. The third kappa shape index (κ3) is 4.79. The van der Waals surface area contributed by atoms with E-state index in [4.69, 9.17) is 15.6 Å². The Morgan fingerprint density at radius 3 is 2.94 bits per heavy atom. The lowest BCUT2D eigenvalue weighted by molar-refractivity contribution is 0.282. The van der Waals surface area contributed by atoms with E-state index in [-0.39, 0.29) is 12.6 Å². The van der Waals surface area contributed by atoms with Gasteiger partial charge in [-0.3, -0.25) is 0 Å². The molecule has 0 aliphatic heterocycles. The molecule has 0 saturated carbocycles. The molecule has 1 unspecified atom stereocenters. The van der Waals surface area contributed by atoms with Gasteiger partial charge in [0.05, 0.1) is 12.3 Å². The van der Waals surface area contributed by atoms with Gasteiger partial charge < -0.3 is 20.9 Å². The molecule has 1 heterocycles. The Morgan fingerprint density at radius 1 is 1.50 bits per heavy atom. The molecule has 0 aliphatic rings. The summed E-state index contributed by atoms with van der Waals surface area (Å²) in [5.74, 6) is 1.23. The minimum atomic E-state index is 0.214. The van der Waals surface area contributed by atoms with Crippen LogP contribution in [0.25, 0.3) is 0 Å². The van der Waals surface area contributed by atoms with Crippen LogP contribution in [0.1, 0.15) is 33.1 Å². The summed E-state index contributed by atoms with van der Waals surface area (Å²) in [6.07, 6.45) is 2.60. The number of nitrogens with one attached hydrogen (secondary N) is 1. The lowest BCUT2D eigenvalue weighted by atomic mass is 10.2. The summed E-state index contributed by atoms with van der Waals surface area (Å²) in [4.78, 5) is 4.34. The maximum absolute atomic E-state index is 8.78. The molecule has 0 aliphatic carbocycles. The van der Waals surface area contributed by atoms with Crippen molar-refractivity contribution in [2.75, 3.05) is 24.3 Å². The highest BCUT2D eigenvalue weighted by Gasteiger charge is 2.07. The topological polar surface area (TPSA) is 80.4 Å². The van der Waals surface area contributed by atoms with Crippen LogP contribution in [0.3, 0.4) is 0 Å². The molecule has 1 rings (SSSR count). The predicted octanol–water partition coefficient (Wildman–Crippen LogP) is 2.03. The summed E-state index contributed by atoms with van der Waals surface area (Å²) >= 11 is 0.